The fourth-order valence-electron chi connectivity index (χ4n) is 7.37. The van der Waals surface area contributed by atoms with Gasteiger partial charge in [-0.25, -0.2) is 0 Å². The fourth-order valence-corrected chi connectivity index (χ4v) is 8.61. The lowest BCUT2D eigenvalue weighted by Gasteiger charge is -2.35. The van der Waals surface area contributed by atoms with E-state index in [2.05, 4.69) is 199 Å². The van der Waals surface area contributed by atoms with Gasteiger partial charge in [0.2, 0.25) is 0 Å². The Balaban J connectivity index is 1.16. The Kier molecular flexibility index (Phi) is 7.93. The molecule has 0 amide bonds. The molecule has 1 unspecified atom stereocenters. The lowest BCUT2D eigenvalue weighted by atomic mass is 9.87. The number of nitrogens with zero attached hydrogens (tertiary/aromatic N) is 1. The van der Waals surface area contributed by atoms with E-state index >= 15 is 0 Å². The molecule has 0 aliphatic heterocycles. The first-order valence-electron chi connectivity index (χ1n) is 17.3. The van der Waals surface area contributed by atoms with Gasteiger partial charge < -0.3 is 4.90 Å². The van der Waals surface area contributed by atoms with Crippen LogP contribution in [0.25, 0.3) is 53.6 Å². The second kappa shape index (κ2) is 13.2. The Bertz CT molecular complexity index is 2470. The minimum absolute atomic E-state index is 0.102. The van der Waals surface area contributed by atoms with Crippen molar-refractivity contribution in [2.75, 3.05) is 4.90 Å². The predicted molar refractivity (Wildman–Crippen MR) is 216 cm³/mol. The number of benzene rings is 7. The number of fused-ring (bicyclic) bond motifs is 3. The summed E-state index contributed by atoms with van der Waals surface area (Å²) in [5, 5.41) is 2.66. The molecule has 7 aromatic carbocycles. The molecule has 8 aromatic rings. The Morgan fingerprint density at radius 1 is 0.440 bits per heavy atom. The Labute approximate surface area is 297 Å². The number of allylic oxidation sites excluding steroid dienone is 2. The van der Waals surface area contributed by atoms with Gasteiger partial charge in [-0.3, -0.25) is 0 Å². The van der Waals surface area contributed by atoms with Crippen molar-refractivity contribution in [3.63, 3.8) is 0 Å². The maximum Gasteiger partial charge on any atom is 0.0571 e. The normalized spacial score (nSPS) is 14.4. The summed E-state index contributed by atoms with van der Waals surface area (Å²) in [7, 11) is 0. The lowest BCUT2D eigenvalue weighted by Crippen LogP contribution is -2.31. The van der Waals surface area contributed by atoms with Crippen LogP contribution >= 0.6 is 11.3 Å². The van der Waals surface area contributed by atoms with Crippen LogP contribution in [0.1, 0.15) is 17.5 Å². The zero-order valence-electron chi connectivity index (χ0n) is 27.6. The summed E-state index contributed by atoms with van der Waals surface area (Å²) in [5.41, 5.74) is 12.4. The molecule has 0 fully saturated rings. The highest BCUT2D eigenvalue weighted by atomic mass is 32.1. The molecule has 0 spiro atoms. The van der Waals surface area contributed by atoms with Crippen molar-refractivity contribution >= 4 is 54.0 Å². The first-order valence-corrected chi connectivity index (χ1v) is 18.1. The monoisotopic (exact) mass is 657 g/mol. The van der Waals surface area contributed by atoms with Crippen LogP contribution in [0.4, 0.5) is 11.4 Å². The largest absolute Gasteiger partial charge is 0.334 e. The van der Waals surface area contributed by atoms with Crippen molar-refractivity contribution in [1.82, 2.24) is 0 Å². The van der Waals surface area contributed by atoms with Gasteiger partial charge in [-0.15, -0.1) is 11.3 Å². The van der Waals surface area contributed by atoms with E-state index in [0.29, 0.717) is 0 Å². The average molecular weight is 658 g/mol. The molecule has 1 aromatic heterocycles. The molecular formula is C48H35NS. The van der Waals surface area contributed by atoms with E-state index in [-0.39, 0.29) is 6.04 Å². The van der Waals surface area contributed by atoms with Crippen LogP contribution in [0.5, 0.6) is 0 Å². The minimum atomic E-state index is 0.102. The average Bonchev–Trinajstić information content (AvgIpc) is 3.59. The van der Waals surface area contributed by atoms with E-state index in [1.807, 2.05) is 11.3 Å². The van der Waals surface area contributed by atoms with Gasteiger partial charge in [0.05, 0.1) is 6.04 Å². The van der Waals surface area contributed by atoms with Crippen molar-refractivity contribution in [1.29, 1.82) is 0 Å². The topological polar surface area (TPSA) is 3.24 Å². The van der Waals surface area contributed by atoms with Gasteiger partial charge in [0, 0.05) is 31.5 Å². The van der Waals surface area contributed by atoms with Crippen LogP contribution in [0.2, 0.25) is 0 Å². The molecule has 0 radical (unpaired) electrons. The van der Waals surface area contributed by atoms with Crippen molar-refractivity contribution < 1.29 is 0 Å². The zero-order valence-corrected chi connectivity index (χ0v) is 28.4. The van der Waals surface area contributed by atoms with Gasteiger partial charge in [0.1, 0.15) is 0 Å². The van der Waals surface area contributed by atoms with E-state index in [1.165, 1.54) is 76.1 Å². The Morgan fingerprint density at radius 2 is 0.980 bits per heavy atom. The van der Waals surface area contributed by atoms with Crippen molar-refractivity contribution in [3.8, 4) is 22.3 Å². The standard InChI is InChI=1S/C48H35NS/c1-4-13-34(14-5-1)37-23-27-41(28-24-37)49(43-32-39(35-15-6-2-7-16-35)31-40(33-43)36-17-8-3-9-18-36)42-29-25-38(26-30-42)44-20-12-21-46-45-19-10-11-22-47(45)50-48(44)46/h1-32,43H,33H2. The second-order valence-electron chi connectivity index (χ2n) is 12.9. The lowest BCUT2D eigenvalue weighted by molar-refractivity contribution is 0.798. The van der Waals surface area contributed by atoms with Gasteiger partial charge >= 0.3 is 0 Å². The summed E-state index contributed by atoms with van der Waals surface area (Å²) in [6, 6.07) is 66.1. The third-order valence-electron chi connectivity index (χ3n) is 9.83. The quantitative estimate of drug-likeness (QED) is 0.165. The summed E-state index contributed by atoms with van der Waals surface area (Å²) in [6.07, 6.45) is 5.73. The summed E-state index contributed by atoms with van der Waals surface area (Å²) in [5.74, 6) is 0. The molecule has 238 valence electrons. The smallest absolute Gasteiger partial charge is 0.0571 e. The summed E-state index contributed by atoms with van der Waals surface area (Å²) >= 11 is 1.88. The molecule has 1 heterocycles. The van der Waals surface area contributed by atoms with Gasteiger partial charge in [-0.1, -0.05) is 164 Å². The molecule has 0 bridgehead atoms. The van der Waals surface area contributed by atoms with Crippen LogP contribution in [0, 0.1) is 0 Å². The van der Waals surface area contributed by atoms with Crippen LogP contribution in [-0.2, 0) is 0 Å². The van der Waals surface area contributed by atoms with Crippen molar-refractivity contribution in [2.45, 2.75) is 12.5 Å². The minimum Gasteiger partial charge on any atom is -0.334 e. The molecule has 1 nitrogen and oxygen atoms in total. The van der Waals surface area contributed by atoms with Gasteiger partial charge in [-0.2, -0.15) is 0 Å². The van der Waals surface area contributed by atoms with Crippen LogP contribution in [-0.4, -0.2) is 6.04 Å². The van der Waals surface area contributed by atoms with E-state index in [9.17, 15) is 0 Å². The molecule has 2 heteroatoms. The van der Waals surface area contributed by atoms with Gasteiger partial charge in [0.25, 0.3) is 0 Å². The second-order valence-corrected chi connectivity index (χ2v) is 14.0. The maximum atomic E-state index is 2.53. The van der Waals surface area contributed by atoms with E-state index in [4.69, 9.17) is 0 Å². The molecule has 9 rings (SSSR count). The number of rotatable bonds is 7. The molecule has 1 atom stereocenters. The summed E-state index contributed by atoms with van der Waals surface area (Å²) in [4.78, 5) is 2.53. The first-order chi connectivity index (χ1) is 24.8. The van der Waals surface area contributed by atoms with E-state index < -0.39 is 0 Å². The van der Waals surface area contributed by atoms with Crippen molar-refractivity contribution in [2.24, 2.45) is 0 Å². The first kappa shape index (κ1) is 30.1. The van der Waals surface area contributed by atoms with Gasteiger partial charge in [0.15, 0.2) is 0 Å². The third kappa shape index (κ3) is 5.74. The predicted octanol–water partition coefficient (Wildman–Crippen LogP) is 13.5. The SMILES string of the molecule is C1=C(c2ccccc2)C=C(c2ccccc2)CC1N(c1ccc(-c2ccccc2)cc1)c1ccc(-c2cccc3c2sc2ccccc23)cc1. The van der Waals surface area contributed by atoms with E-state index in [1.54, 1.807) is 0 Å². The number of hydrogen-bond donors (Lipinski definition) is 0. The number of thiophene rings is 1. The van der Waals surface area contributed by atoms with Gasteiger partial charge in [-0.05, 0) is 81.3 Å². The highest BCUT2D eigenvalue weighted by molar-refractivity contribution is 7.26. The van der Waals surface area contributed by atoms with Crippen LogP contribution < -0.4 is 4.90 Å². The molecule has 1 aliphatic rings. The molecule has 0 N–H and O–H groups in total. The Hall–Kier alpha value is -5.96. The van der Waals surface area contributed by atoms with Crippen molar-refractivity contribution in [3.05, 3.63) is 205 Å². The number of anilines is 2. The maximum absolute atomic E-state index is 2.53. The molecule has 0 saturated carbocycles. The highest BCUT2D eigenvalue weighted by Crippen LogP contribution is 2.42. The Morgan fingerprint density at radius 3 is 1.66 bits per heavy atom. The summed E-state index contributed by atoms with van der Waals surface area (Å²) < 4.78 is 2.67. The van der Waals surface area contributed by atoms with Crippen LogP contribution in [0.15, 0.2) is 194 Å². The number of hydrogen-bond acceptors (Lipinski definition) is 2. The molecule has 1 aliphatic carbocycles. The summed E-state index contributed by atoms with van der Waals surface area (Å²) in [6.45, 7) is 0. The zero-order chi connectivity index (χ0) is 33.3. The fraction of sp³-hybridized carbons (Fsp3) is 0.0417. The molecule has 0 saturated heterocycles. The van der Waals surface area contributed by atoms with E-state index in [0.717, 1.165) is 6.42 Å². The highest BCUT2D eigenvalue weighted by Gasteiger charge is 2.25. The molecular weight excluding hydrogens is 623 g/mol. The molecule has 50 heavy (non-hydrogen) atoms. The van der Waals surface area contributed by atoms with Crippen LogP contribution in [0.3, 0.4) is 0 Å². The third-order valence-corrected chi connectivity index (χ3v) is 11.0.